The molecule has 0 radical (unpaired) electrons. The van der Waals surface area contributed by atoms with Gasteiger partial charge >= 0.3 is 0 Å². The Hall–Kier alpha value is -0.100. The molecule has 0 aliphatic rings. The molecule has 0 aliphatic carbocycles. The Kier molecular flexibility index (Phi) is 11.4. The van der Waals surface area contributed by atoms with Crippen LogP contribution in [0.25, 0.3) is 0 Å². The van der Waals surface area contributed by atoms with Gasteiger partial charge in [-0.3, -0.25) is 0 Å². The van der Waals surface area contributed by atoms with Crippen LogP contribution >= 0.6 is 69.6 Å². The van der Waals surface area contributed by atoms with Crippen LogP contribution in [0.15, 0.2) is 24.3 Å². The number of hydrogen-bond donors (Lipinski definition) is 2. The minimum Gasteiger partial charge on any atom is -0.451 e. The van der Waals surface area contributed by atoms with E-state index in [4.69, 9.17) is 79.4 Å². The summed E-state index contributed by atoms with van der Waals surface area (Å²) in [5.74, 6) is 0.442. The van der Waals surface area contributed by atoms with Crippen molar-refractivity contribution in [3.8, 4) is 11.5 Å². The van der Waals surface area contributed by atoms with Gasteiger partial charge in [-0.05, 0) is 37.2 Å². The van der Waals surface area contributed by atoms with Crippen molar-refractivity contribution in [1.82, 2.24) is 5.32 Å². The molecule has 0 aliphatic heterocycles. The molecular weight excluding hydrogens is 463 g/mol. The summed E-state index contributed by atoms with van der Waals surface area (Å²) in [6.07, 6.45) is 1.14. The van der Waals surface area contributed by atoms with Gasteiger partial charge in [0.05, 0.1) is 26.7 Å². The summed E-state index contributed by atoms with van der Waals surface area (Å²) in [4.78, 5) is 0. The first-order valence-electron chi connectivity index (χ1n) is 7.58. The Morgan fingerprint density at radius 3 is 1.46 bits per heavy atom. The van der Waals surface area contributed by atoms with Crippen LogP contribution in [0.5, 0.6) is 11.5 Å². The maximum Gasteiger partial charge on any atom is 0.164 e. The largest absolute Gasteiger partial charge is 0.451 e. The van der Waals surface area contributed by atoms with E-state index in [-0.39, 0.29) is 38.2 Å². The predicted octanol–water partition coefficient (Wildman–Crippen LogP) is 7.38. The smallest absolute Gasteiger partial charge is 0.164 e. The summed E-state index contributed by atoms with van der Waals surface area (Å²) in [6, 6.07) is 6.01. The molecule has 2 aromatic rings. The van der Waals surface area contributed by atoms with E-state index in [2.05, 4.69) is 12.2 Å². The molecule has 3 nitrogen and oxygen atoms in total. The quantitative estimate of drug-likeness (QED) is 0.425. The van der Waals surface area contributed by atoms with Gasteiger partial charge in [0.15, 0.2) is 11.5 Å². The van der Waals surface area contributed by atoms with Crippen LogP contribution in [0.4, 0.5) is 0 Å². The van der Waals surface area contributed by atoms with Crippen LogP contribution in [0.2, 0.25) is 30.1 Å². The number of benzene rings is 2. The van der Waals surface area contributed by atoms with E-state index in [0.29, 0.717) is 10.0 Å². The highest BCUT2D eigenvalue weighted by molar-refractivity contribution is 6.41. The van der Waals surface area contributed by atoms with Gasteiger partial charge in [-0.25, -0.2) is 0 Å². The molecule has 144 valence electrons. The number of aliphatic hydroxyl groups is 1. The van der Waals surface area contributed by atoms with E-state index in [9.17, 15) is 0 Å². The van der Waals surface area contributed by atoms with Gasteiger partial charge in [-0.15, -0.1) is 0 Å². The molecule has 0 fully saturated rings. The van der Waals surface area contributed by atoms with Crippen LogP contribution in [0, 0.1) is 0 Å². The molecule has 2 aromatic carbocycles. The summed E-state index contributed by atoms with van der Waals surface area (Å²) < 4.78 is 5.57. The normalized spacial score (nSPS) is 10.3. The lowest BCUT2D eigenvalue weighted by molar-refractivity contribution is 0.292. The van der Waals surface area contributed by atoms with Crippen LogP contribution in [-0.2, 0) is 0 Å². The second-order valence-electron chi connectivity index (χ2n) is 4.97. The molecule has 0 atom stereocenters. The molecule has 0 amide bonds. The van der Waals surface area contributed by atoms with Gasteiger partial charge in [0.2, 0.25) is 0 Å². The number of ether oxygens (including phenoxy) is 1. The highest BCUT2D eigenvalue weighted by atomic mass is 35.5. The summed E-state index contributed by atoms with van der Waals surface area (Å²) in [7, 11) is 0. The Bertz CT molecular complexity index is 621. The molecule has 0 heterocycles. The zero-order valence-corrected chi connectivity index (χ0v) is 18.3. The fourth-order valence-corrected chi connectivity index (χ4v) is 3.52. The molecule has 2 rings (SSSR count). The van der Waals surface area contributed by atoms with Crippen molar-refractivity contribution >= 4 is 69.6 Å². The van der Waals surface area contributed by atoms with E-state index < -0.39 is 0 Å². The van der Waals surface area contributed by atoms with Gasteiger partial charge < -0.3 is 15.2 Å². The minimum absolute atomic E-state index is 0.221. The van der Waals surface area contributed by atoms with Crippen molar-refractivity contribution in [1.29, 1.82) is 0 Å². The second kappa shape index (κ2) is 12.4. The maximum absolute atomic E-state index is 8.23. The summed E-state index contributed by atoms with van der Waals surface area (Å²) in [6.45, 7) is 4.10. The Labute approximate surface area is 183 Å². The van der Waals surface area contributed by atoms with Gasteiger partial charge in [-0.2, -0.15) is 0 Å². The zero-order chi connectivity index (χ0) is 19.7. The molecule has 0 saturated carbocycles. The molecule has 2 N–H and O–H groups in total. The van der Waals surface area contributed by atoms with Crippen molar-refractivity contribution in [3.63, 3.8) is 0 Å². The first kappa shape index (κ1) is 23.9. The molecular formula is C17H17Cl6NO2. The van der Waals surface area contributed by atoms with E-state index >= 15 is 0 Å². The molecule has 0 bridgehead atoms. The monoisotopic (exact) mass is 477 g/mol. The van der Waals surface area contributed by atoms with E-state index in [1.807, 2.05) is 0 Å². The Morgan fingerprint density at radius 1 is 0.769 bits per heavy atom. The Morgan fingerprint density at radius 2 is 1.15 bits per heavy atom. The summed E-state index contributed by atoms with van der Waals surface area (Å²) in [5.41, 5.74) is 0. The van der Waals surface area contributed by atoms with Crippen molar-refractivity contribution in [2.75, 3.05) is 19.7 Å². The SMILES string of the molecule is CCCNCCO.Clc1cc(Cl)c(Oc2c(Cl)cc(Cl)cc2Cl)c(Cl)c1. The summed E-state index contributed by atoms with van der Waals surface area (Å²) >= 11 is 35.7. The van der Waals surface area contributed by atoms with Crippen LogP contribution < -0.4 is 10.1 Å². The highest BCUT2D eigenvalue weighted by Crippen LogP contribution is 2.44. The third-order valence-corrected chi connectivity index (χ3v) is 4.41. The van der Waals surface area contributed by atoms with E-state index in [1.54, 1.807) is 0 Å². The van der Waals surface area contributed by atoms with Crippen molar-refractivity contribution in [2.24, 2.45) is 0 Å². The lowest BCUT2D eigenvalue weighted by Crippen LogP contribution is -2.18. The van der Waals surface area contributed by atoms with Crippen LogP contribution in [0.3, 0.4) is 0 Å². The fraction of sp³-hybridized carbons (Fsp3) is 0.294. The average Bonchev–Trinajstić information content (AvgIpc) is 2.53. The van der Waals surface area contributed by atoms with Gasteiger partial charge in [-0.1, -0.05) is 76.5 Å². The Balaban J connectivity index is 0.000000412. The van der Waals surface area contributed by atoms with Gasteiger partial charge in [0, 0.05) is 16.6 Å². The fourth-order valence-electron chi connectivity index (χ4n) is 1.74. The van der Waals surface area contributed by atoms with E-state index in [0.717, 1.165) is 19.5 Å². The predicted molar refractivity (Wildman–Crippen MR) is 113 cm³/mol. The van der Waals surface area contributed by atoms with E-state index in [1.165, 1.54) is 24.3 Å². The zero-order valence-electron chi connectivity index (χ0n) is 13.8. The third-order valence-electron chi connectivity index (χ3n) is 2.85. The molecule has 0 saturated heterocycles. The van der Waals surface area contributed by atoms with Crippen molar-refractivity contribution in [2.45, 2.75) is 13.3 Å². The van der Waals surface area contributed by atoms with Crippen molar-refractivity contribution < 1.29 is 9.84 Å². The molecule has 0 aromatic heterocycles. The number of hydrogen-bond acceptors (Lipinski definition) is 3. The topological polar surface area (TPSA) is 41.5 Å². The first-order chi connectivity index (χ1) is 12.3. The molecule has 26 heavy (non-hydrogen) atoms. The molecule has 0 spiro atoms. The summed E-state index contributed by atoms with van der Waals surface area (Å²) in [5, 5.41) is 13.1. The van der Waals surface area contributed by atoms with Crippen LogP contribution in [0.1, 0.15) is 13.3 Å². The first-order valence-corrected chi connectivity index (χ1v) is 9.85. The number of nitrogens with one attached hydrogen (secondary N) is 1. The molecule has 0 unspecified atom stereocenters. The maximum atomic E-state index is 8.23. The third kappa shape index (κ3) is 7.87. The second-order valence-corrected chi connectivity index (χ2v) is 7.47. The average molecular weight is 480 g/mol. The minimum atomic E-state index is 0.221. The number of halogens is 6. The number of rotatable bonds is 6. The van der Waals surface area contributed by atoms with Gasteiger partial charge in [0.1, 0.15) is 0 Å². The molecule has 9 heteroatoms. The van der Waals surface area contributed by atoms with Gasteiger partial charge in [0.25, 0.3) is 0 Å². The number of aliphatic hydroxyl groups excluding tert-OH is 1. The van der Waals surface area contributed by atoms with Crippen molar-refractivity contribution in [3.05, 3.63) is 54.4 Å². The van der Waals surface area contributed by atoms with Crippen LogP contribution in [-0.4, -0.2) is 24.8 Å². The lowest BCUT2D eigenvalue weighted by atomic mass is 10.3. The highest BCUT2D eigenvalue weighted by Gasteiger charge is 2.15. The lowest BCUT2D eigenvalue weighted by Gasteiger charge is -2.12. The standard InChI is InChI=1S/C12H4Cl6O.C5H13NO/c13-5-1-7(15)11(8(16)2-5)19-12-9(17)3-6(14)4-10(12)18;1-2-3-6-4-5-7/h1-4H;6-7H,2-5H2,1H3.